The SMILES string of the molecule is Cc1nn(C)c(C)c1-c1cc(C(=O)Nc2ccc(OC(F)(F)F)cc2)c2ccccc2n1. The van der Waals surface area contributed by atoms with Gasteiger partial charge in [0.1, 0.15) is 5.75 Å². The van der Waals surface area contributed by atoms with Gasteiger partial charge >= 0.3 is 6.36 Å². The fourth-order valence-electron chi connectivity index (χ4n) is 3.57. The first-order valence-electron chi connectivity index (χ1n) is 9.70. The van der Waals surface area contributed by atoms with Crippen molar-refractivity contribution in [1.82, 2.24) is 14.8 Å². The Kier molecular flexibility index (Phi) is 5.33. The van der Waals surface area contributed by atoms with E-state index in [9.17, 15) is 18.0 Å². The van der Waals surface area contributed by atoms with E-state index in [0.717, 1.165) is 29.1 Å². The van der Waals surface area contributed by atoms with E-state index in [2.05, 4.69) is 15.2 Å². The van der Waals surface area contributed by atoms with Crippen molar-refractivity contribution in [2.75, 3.05) is 5.32 Å². The molecule has 6 nitrogen and oxygen atoms in total. The van der Waals surface area contributed by atoms with Gasteiger partial charge in [0.2, 0.25) is 0 Å². The molecule has 164 valence electrons. The van der Waals surface area contributed by atoms with Crippen molar-refractivity contribution >= 4 is 22.5 Å². The highest BCUT2D eigenvalue weighted by molar-refractivity contribution is 6.13. The molecule has 2 heterocycles. The van der Waals surface area contributed by atoms with Gasteiger partial charge in [-0.25, -0.2) is 4.98 Å². The molecule has 0 fully saturated rings. The molecule has 0 radical (unpaired) electrons. The lowest BCUT2D eigenvalue weighted by Gasteiger charge is -2.12. The minimum absolute atomic E-state index is 0.334. The van der Waals surface area contributed by atoms with Crippen LogP contribution < -0.4 is 10.1 Å². The number of carbonyl (C=O) groups is 1. The van der Waals surface area contributed by atoms with Gasteiger partial charge in [0.05, 0.1) is 22.5 Å². The summed E-state index contributed by atoms with van der Waals surface area (Å²) >= 11 is 0. The Bertz CT molecular complexity index is 1310. The summed E-state index contributed by atoms with van der Waals surface area (Å²) in [7, 11) is 1.84. The zero-order valence-electron chi connectivity index (χ0n) is 17.5. The number of hydrogen-bond acceptors (Lipinski definition) is 4. The molecule has 0 aliphatic carbocycles. The zero-order valence-corrected chi connectivity index (χ0v) is 17.5. The van der Waals surface area contributed by atoms with Crippen LogP contribution in [0.15, 0.2) is 54.6 Å². The van der Waals surface area contributed by atoms with E-state index in [1.165, 1.54) is 12.1 Å². The summed E-state index contributed by atoms with van der Waals surface area (Å²) in [6.45, 7) is 3.81. The van der Waals surface area contributed by atoms with Gasteiger partial charge in [-0.05, 0) is 50.2 Å². The number of pyridine rings is 1. The number of alkyl halides is 3. The van der Waals surface area contributed by atoms with Crippen LogP contribution in [0.5, 0.6) is 5.75 Å². The van der Waals surface area contributed by atoms with Crippen molar-refractivity contribution in [2.24, 2.45) is 7.05 Å². The quantitative estimate of drug-likeness (QED) is 0.461. The highest BCUT2D eigenvalue weighted by Gasteiger charge is 2.31. The third kappa shape index (κ3) is 4.27. The summed E-state index contributed by atoms with van der Waals surface area (Å²) in [4.78, 5) is 17.8. The predicted molar refractivity (Wildman–Crippen MR) is 114 cm³/mol. The lowest BCUT2D eigenvalue weighted by Crippen LogP contribution is -2.17. The number of carbonyl (C=O) groups excluding carboxylic acids is 1. The van der Waals surface area contributed by atoms with Crippen LogP contribution in [-0.4, -0.2) is 27.0 Å². The van der Waals surface area contributed by atoms with Crippen molar-refractivity contribution < 1.29 is 22.7 Å². The maximum Gasteiger partial charge on any atom is 0.573 e. The molecule has 1 N–H and O–H groups in total. The molecular formula is C23H19F3N4O2. The topological polar surface area (TPSA) is 69.0 Å². The number of hydrogen-bond donors (Lipinski definition) is 1. The Morgan fingerprint density at radius 2 is 1.75 bits per heavy atom. The molecule has 0 unspecified atom stereocenters. The number of halogens is 3. The maximum atomic E-state index is 13.1. The van der Waals surface area contributed by atoms with Crippen molar-refractivity contribution in [3.05, 3.63) is 71.5 Å². The van der Waals surface area contributed by atoms with E-state index in [1.54, 1.807) is 16.8 Å². The van der Waals surface area contributed by atoms with E-state index in [1.807, 2.05) is 39.1 Å². The number of fused-ring (bicyclic) bond motifs is 1. The predicted octanol–water partition coefficient (Wildman–Crippen LogP) is 5.40. The average Bonchev–Trinajstić information content (AvgIpc) is 2.99. The number of para-hydroxylation sites is 1. The number of benzene rings is 2. The Balaban J connectivity index is 1.71. The fourth-order valence-corrected chi connectivity index (χ4v) is 3.57. The van der Waals surface area contributed by atoms with Gasteiger partial charge in [0, 0.05) is 29.4 Å². The van der Waals surface area contributed by atoms with E-state index in [-0.39, 0.29) is 5.75 Å². The summed E-state index contributed by atoms with van der Waals surface area (Å²) in [5.41, 5.74) is 4.54. The fraction of sp³-hybridized carbons (Fsp3) is 0.174. The van der Waals surface area contributed by atoms with Crippen LogP contribution in [0.3, 0.4) is 0 Å². The zero-order chi connectivity index (χ0) is 23.0. The monoisotopic (exact) mass is 440 g/mol. The molecule has 0 aliphatic rings. The Hall–Kier alpha value is -3.88. The number of ether oxygens (including phenoxy) is 1. The van der Waals surface area contributed by atoms with Crippen molar-refractivity contribution in [3.63, 3.8) is 0 Å². The first kappa shape index (κ1) is 21.4. The summed E-state index contributed by atoms with van der Waals surface area (Å²) in [6.07, 6.45) is -4.78. The minimum Gasteiger partial charge on any atom is -0.406 e. The molecule has 9 heteroatoms. The lowest BCUT2D eigenvalue weighted by molar-refractivity contribution is -0.274. The number of aromatic nitrogens is 3. The molecule has 0 saturated carbocycles. The second-order valence-electron chi connectivity index (χ2n) is 7.27. The van der Waals surface area contributed by atoms with Gasteiger partial charge in [-0.15, -0.1) is 13.2 Å². The van der Waals surface area contributed by atoms with Crippen LogP contribution >= 0.6 is 0 Å². The molecule has 0 aliphatic heterocycles. The van der Waals surface area contributed by atoms with Gasteiger partial charge < -0.3 is 10.1 Å². The number of nitrogens with one attached hydrogen (secondary N) is 1. The van der Waals surface area contributed by atoms with Gasteiger partial charge in [0.25, 0.3) is 5.91 Å². The largest absolute Gasteiger partial charge is 0.573 e. The maximum absolute atomic E-state index is 13.1. The van der Waals surface area contributed by atoms with Crippen molar-refractivity contribution in [1.29, 1.82) is 0 Å². The number of nitrogens with zero attached hydrogens (tertiary/aromatic N) is 3. The van der Waals surface area contributed by atoms with E-state index in [4.69, 9.17) is 4.98 Å². The van der Waals surface area contributed by atoms with Gasteiger partial charge in [0.15, 0.2) is 0 Å². The first-order valence-corrected chi connectivity index (χ1v) is 9.70. The van der Waals surface area contributed by atoms with Gasteiger partial charge in [-0.1, -0.05) is 18.2 Å². The normalized spacial score (nSPS) is 11.6. The molecule has 2 aromatic heterocycles. The lowest BCUT2D eigenvalue weighted by atomic mass is 10.0. The van der Waals surface area contributed by atoms with Gasteiger partial charge in [-0.3, -0.25) is 9.48 Å². The molecule has 0 spiro atoms. The van der Waals surface area contributed by atoms with Crippen LogP contribution in [-0.2, 0) is 7.05 Å². The molecule has 0 atom stereocenters. The molecule has 2 aromatic carbocycles. The van der Waals surface area contributed by atoms with Crippen molar-refractivity contribution in [3.8, 4) is 17.0 Å². The number of rotatable bonds is 4. The van der Waals surface area contributed by atoms with Crippen LogP contribution in [0.25, 0.3) is 22.2 Å². The highest BCUT2D eigenvalue weighted by atomic mass is 19.4. The first-order chi connectivity index (χ1) is 15.1. The Labute approximate surface area is 181 Å². The third-order valence-electron chi connectivity index (χ3n) is 5.07. The standard InChI is InChI=1S/C23H19F3N4O2/c1-13-21(14(2)30(3)29-13)20-12-18(17-6-4-5-7-19(17)28-20)22(31)27-15-8-10-16(11-9-15)32-23(24,25)26/h4-12H,1-3H3,(H,27,31). The van der Waals surface area contributed by atoms with E-state index in [0.29, 0.717) is 27.8 Å². The molecule has 32 heavy (non-hydrogen) atoms. The van der Waals surface area contributed by atoms with E-state index >= 15 is 0 Å². The summed E-state index contributed by atoms with van der Waals surface area (Å²) in [5.74, 6) is -0.775. The molecule has 0 saturated heterocycles. The highest BCUT2D eigenvalue weighted by Crippen LogP contribution is 2.30. The molecule has 0 bridgehead atoms. The van der Waals surface area contributed by atoms with Crippen LogP contribution in [0.1, 0.15) is 21.7 Å². The molecular weight excluding hydrogens is 421 g/mol. The molecule has 1 amide bonds. The van der Waals surface area contributed by atoms with Crippen LogP contribution in [0, 0.1) is 13.8 Å². The van der Waals surface area contributed by atoms with Crippen LogP contribution in [0.4, 0.5) is 18.9 Å². The average molecular weight is 440 g/mol. The number of anilines is 1. The molecule has 4 rings (SSSR count). The minimum atomic E-state index is -4.78. The Morgan fingerprint density at radius 3 is 2.38 bits per heavy atom. The summed E-state index contributed by atoms with van der Waals surface area (Å²) in [6, 6.07) is 13.9. The smallest absolute Gasteiger partial charge is 0.406 e. The summed E-state index contributed by atoms with van der Waals surface area (Å²) < 4.78 is 42.7. The second kappa shape index (κ2) is 7.99. The van der Waals surface area contributed by atoms with E-state index < -0.39 is 12.3 Å². The van der Waals surface area contributed by atoms with Gasteiger partial charge in [-0.2, -0.15) is 5.10 Å². The second-order valence-corrected chi connectivity index (χ2v) is 7.27. The molecule has 4 aromatic rings. The third-order valence-corrected chi connectivity index (χ3v) is 5.07. The van der Waals surface area contributed by atoms with Crippen molar-refractivity contribution in [2.45, 2.75) is 20.2 Å². The number of aryl methyl sites for hydroxylation is 2. The number of amides is 1. The Morgan fingerprint density at radius 1 is 1.06 bits per heavy atom. The summed E-state index contributed by atoms with van der Waals surface area (Å²) in [5, 5.41) is 7.81. The van der Waals surface area contributed by atoms with Crippen LogP contribution in [0.2, 0.25) is 0 Å².